The van der Waals surface area contributed by atoms with Gasteiger partial charge in [-0.15, -0.1) is 0 Å². The average molecular weight is 283 g/mol. The number of esters is 1. The Kier molecular flexibility index (Phi) is 5.04. The molecule has 5 nitrogen and oxygen atoms in total. The Labute approximate surface area is 122 Å². The van der Waals surface area contributed by atoms with Crippen LogP contribution in [0.25, 0.3) is 0 Å². The monoisotopic (exact) mass is 283 g/mol. The molecule has 0 aromatic rings. The highest BCUT2D eigenvalue weighted by Gasteiger charge is 2.45. The third-order valence-corrected chi connectivity index (χ3v) is 5.27. The second-order valence-electron chi connectivity index (χ2n) is 6.38. The van der Waals surface area contributed by atoms with Gasteiger partial charge >= 0.3 is 5.97 Å². The molecule has 0 bridgehead atoms. The van der Waals surface area contributed by atoms with Gasteiger partial charge in [-0.2, -0.15) is 0 Å². The van der Waals surface area contributed by atoms with Crippen LogP contribution in [0.5, 0.6) is 0 Å². The van der Waals surface area contributed by atoms with Gasteiger partial charge < -0.3 is 20.3 Å². The SMILES string of the molecule is CCN1CCC(N(C)C2CCC(N)(C(=O)OC)C2)CC1. The summed E-state index contributed by atoms with van der Waals surface area (Å²) in [5.41, 5.74) is 5.44. The lowest BCUT2D eigenvalue weighted by atomic mass is 9.97. The fraction of sp³-hybridized carbons (Fsp3) is 0.933. The van der Waals surface area contributed by atoms with E-state index in [9.17, 15) is 4.79 Å². The summed E-state index contributed by atoms with van der Waals surface area (Å²) in [4.78, 5) is 16.8. The molecule has 0 aromatic heterocycles. The van der Waals surface area contributed by atoms with Gasteiger partial charge in [-0.25, -0.2) is 0 Å². The molecule has 5 heteroatoms. The molecule has 2 unspecified atom stereocenters. The van der Waals surface area contributed by atoms with Crippen molar-refractivity contribution in [3.05, 3.63) is 0 Å². The summed E-state index contributed by atoms with van der Waals surface area (Å²) in [5, 5.41) is 0. The molecule has 116 valence electrons. The highest BCUT2D eigenvalue weighted by molar-refractivity contribution is 5.81. The Morgan fingerprint density at radius 3 is 2.55 bits per heavy atom. The number of carbonyl (C=O) groups is 1. The van der Waals surface area contributed by atoms with Gasteiger partial charge in [-0.1, -0.05) is 6.92 Å². The van der Waals surface area contributed by atoms with Crippen LogP contribution in [-0.2, 0) is 9.53 Å². The number of methoxy groups -OCH3 is 1. The lowest BCUT2D eigenvalue weighted by molar-refractivity contribution is -0.147. The predicted molar refractivity (Wildman–Crippen MR) is 79.5 cm³/mol. The van der Waals surface area contributed by atoms with E-state index in [2.05, 4.69) is 23.8 Å². The van der Waals surface area contributed by atoms with Gasteiger partial charge in [0.05, 0.1) is 7.11 Å². The highest BCUT2D eigenvalue weighted by atomic mass is 16.5. The molecular weight excluding hydrogens is 254 g/mol. The largest absolute Gasteiger partial charge is 0.468 e. The first kappa shape index (κ1) is 15.7. The standard InChI is InChI=1S/C15H29N3O2/c1-4-18-9-6-12(7-10-18)17(2)13-5-8-15(16,11-13)14(19)20-3/h12-13H,4-11,16H2,1-3H3. The topological polar surface area (TPSA) is 58.8 Å². The molecule has 1 saturated heterocycles. The maximum Gasteiger partial charge on any atom is 0.325 e. The van der Waals surface area contributed by atoms with Crippen molar-refractivity contribution in [3.8, 4) is 0 Å². The van der Waals surface area contributed by atoms with Crippen LogP contribution in [0.2, 0.25) is 0 Å². The van der Waals surface area contributed by atoms with E-state index in [4.69, 9.17) is 10.5 Å². The summed E-state index contributed by atoms with van der Waals surface area (Å²) in [6, 6.07) is 1.04. The van der Waals surface area contributed by atoms with Crippen LogP contribution < -0.4 is 5.73 Å². The molecule has 1 heterocycles. The lowest BCUT2D eigenvalue weighted by Crippen LogP contribution is -2.50. The summed E-state index contributed by atoms with van der Waals surface area (Å²) in [6.45, 7) is 5.74. The molecule has 1 saturated carbocycles. The first-order valence-electron chi connectivity index (χ1n) is 7.81. The van der Waals surface area contributed by atoms with Crippen LogP contribution >= 0.6 is 0 Å². The van der Waals surface area contributed by atoms with E-state index < -0.39 is 5.54 Å². The molecule has 2 atom stereocenters. The van der Waals surface area contributed by atoms with E-state index in [1.807, 2.05) is 0 Å². The molecule has 1 aliphatic carbocycles. The van der Waals surface area contributed by atoms with Crippen LogP contribution in [0.15, 0.2) is 0 Å². The third-order valence-electron chi connectivity index (χ3n) is 5.27. The number of nitrogens with two attached hydrogens (primary N) is 1. The van der Waals surface area contributed by atoms with Gasteiger partial charge in [0.15, 0.2) is 0 Å². The average Bonchev–Trinajstić information content (AvgIpc) is 2.89. The second-order valence-corrected chi connectivity index (χ2v) is 6.38. The molecule has 1 aliphatic heterocycles. The number of nitrogens with zero attached hydrogens (tertiary/aromatic N) is 2. The quantitative estimate of drug-likeness (QED) is 0.774. The Bertz CT molecular complexity index is 342. The van der Waals surface area contributed by atoms with Gasteiger partial charge in [0.1, 0.15) is 5.54 Å². The smallest absolute Gasteiger partial charge is 0.325 e. The minimum Gasteiger partial charge on any atom is -0.468 e. The van der Waals surface area contributed by atoms with Gasteiger partial charge in [-0.05, 0) is 58.8 Å². The Morgan fingerprint density at radius 1 is 1.35 bits per heavy atom. The van der Waals surface area contributed by atoms with Crippen LogP contribution in [0.4, 0.5) is 0 Å². The Balaban J connectivity index is 1.88. The molecule has 2 aliphatic rings. The van der Waals surface area contributed by atoms with Gasteiger partial charge in [0.2, 0.25) is 0 Å². The summed E-state index contributed by atoms with van der Waals surface area (Å²) in [7, 11) is 3.62. The van der Waals surface area contributed by atoms with Crippen molar-refractivity contribution in [2.75, 3.05) is 33.8 Å². The van der Waals surface area contributed by atoms with E-state index in [1.54, 1.807) is 0 Å². The number of piperidine rings is 1. The van der Waals surface area contributed by atoms with Crippen LogP contribution in [0.3, 0.4) is 0 Å². The van der Waals surface area contributed by atoms with Crippen molar-refractivity contribution < 1.29 is 9.53 Å². The summed E-state index contributed by atoms with van der Waals surface area (Å²) in [6.07, 6.45) is 4.90. The van der Waals surface area contributed by atoms with E-state index in [0.29, 0.717) is 12.1 Å². The molecule has 0 amide bonds. The van der Waals surface area contributed by atoms with Crippen LogP contribution in [0.1, 0.15) is 39.0 Å². The maximum absolute atomic E-state index is 11.8. The van der Waals surface area contributed by atoms with E-state index >= 15 is 0 Å². The lowest BCUT2D eigenvalue weighted by Gasteiger charge is -2.39. The minimum absolute atomic E-state index is 0.255. The van der Waals surface area contributed by atoms with Crippen molar-refractivity contribution in [1.82, 2.24) is 9.80 Å². The number of carbonyl (C=O) groups excluding carboxylic acids is 1. The van der Waals surface area contributed by atoms with Gasteiger partial charge in [-0.3, -0.25) is 4.79 Å². The molecule has 2 N–H and O–H groups in total. The summed E-state index contributed by atoms with van der Waals surface area (Å²) in [5.74, 6) is -0.255. The number of likely N-dealkylation sites (tertiary alicyclic amines) is 1. The van der Waals surface area contributed by atoms with Crippen molar-refractivity contribution >= 4 is 5.97 Å². The minimum atomic E-state index is -0.766. The van der Waals surface area contributed by atoms with Crippen molar-refractivity contribution in [3.63, 3.8) is 0 Å². The zero-order chi connectivity index (χ0) is 14.8. The van der Waals surface area contributed by atoms with Gasteiger partial charge in [0, 0.05) is 12.1 Å². The fourth-order valence-corrected chi connectivity index (χ4v) is 3.73. The van der Waals surface area contributed by atoms with E-state index in [-0.39, 0.29) is 5.97 Å². The number of hydrogen-bond acceptors (Lipinski definition) is 5. The fourth-order valence-electron chi connectivity index (χ4n) is 3.73. The predicted octanol–water partition coefficient (Wildman–Crippen LogP) is 0.826. The van der Waals surface area contributed by atoms with Crippen molar-refractivity contribution in [2.45, 2.75) is 56.7 Å². The Hall–Kier alpha value is -0.650. The molecule has 2 rings (SSSR count). The van der Waals surface area contributed by atoms with Crippen molar-refractivity contribution in [2.24, 2.45) is 5.73 Å². The maximum atomic E-state index is 11.8. The normalized spacial score (nSPS) is 32.8. The number of ether oxygens (including phenoxy) is 1. The highest BCUT2D eigenvalue weighted by Crippen LogP contribution is 2.33. The second kappa shape index (κ2) is 6.41. The third kappa shape index (κ3) is 3.15. The zero-order valence-electron chi connectivity index (χ0n) is 13.1. The van der Waals surface area contributed by atoms with Crippen LogP contribution in [0, 0.1) is 0 Å². The van der Waals surface area contributed by atoms with E-state index in [1.165, 1.54) is 33.0 Å². The van der Waals surface area contributed by atoms with E-state index in [0.717, 1.165) is 25.8 Å². The first-order chi connectivity index (χ1) is 9.50. The summed E-state index contributed by atoms with van der Waals surface area (Å²) < 4.78 is 4.85. The van der Waals surface area contributed by atoms with Crippen LogP contribution in [-0.4, -0.2) is 67.2 Å². The first-order valence-corrected chi connectivity index (χ1v) is 7.81. The molecule has 0 spiro atoms. The summed E-state index contributed by atoms with van der Waals surface area (Å²) >= 11 is 0. The molecule has 20 heavy (non-hydrogen) atoms. The molecular formula is C15H29N3O2. The number of rotatable bonds is 4. The molecule has 0 radical (unpaired) electrons. The number of hydrogen-bond donors (Lipinski definition) is 1. The zero-order valence-corrected chi connectivity index (χ0v) is 13.1. The van der Waals surface area contributed by atoms with Gasteiger partial charge in [0.25, 0.3) is 0 Å². The molecule has 0 aromatic carbocycles. The Morgan fingerprint density at radius 2 is 2.00 bits per heavy atom. The van der Waals surface area contributed by atoms with Crippen molar-refractivity contribution in [1.29, 1.82) is 0 Å². The molecule has 2 fully saturated rings.